The van der Waals surface area contributed by atoms with Crippen LogP contribution in [0, 0.1) is 6.92 Å². The maximum Gasteiger partial charge on any atom is 0.339 e. The van der Waals surface area contributed by atoms with E-state index in [1.807, 2.05) is 6.92 Å². The number of carbonyl (C=O) groups is 1. The van der Waals surface area contributed by atoms with E-state index in [0.29, 0.717) is 18.0 Å². The van der Waals surface area contributed by atoms with Crippen molar-refractivity contribution in [3.8, 4) is 17.0 Å². The van der Waals surface area contributed by atoms with Crippen molar-refractivity contribution in [2.24, 2.45) is 0 Å². The lowest BCUT2D eigenvalue weighted by atomic mass is 10.1. The molecule has 1 aromatic carbocycles. The van der Waals surface area contributed by atoms with Gasteiger partial charge in [-0.1, -0.05) is 0 Å². The summed E-state index contributed by atoms with van der Waals surface area (Å²) in [6, 6.07) is 7.20. The van der Waals surface area contributed by atoms with Gasteiger partial charge in [-0.2, -0.15) is 5.10 Å². The topological polar surface area (TPSA) is 75.2 Å². The number of hydrogen-bond acceptors (Lipinski definition) is 3. The Morgan fingerprint density at radius 1 is 1.39 bits per heavy atom. The van der Waals surface area contributed by atoms with Gasteiger partial charge in [-0.15, -0.1) is 0 Å². The lowest BCUT2D eigenvalue weighted by Gasteiger charge is -2.04. The van der Waals surface area contributed by atoms with Gasteiger partial charge >= 0.3 is 5.97 Å². The number of aromatic carboxylic acids is 1. The standard InChI is InChI=1S/C13H14N2O3/c1-3-18-10-6-4-9(5-7-10)12-11(13(16)17)8(2)14-15-12/h4-7H,3H2,1-2H3,(H,14,15)(H,16,17). The molecule has 0 aliphatic heterocycles. The SMILES string of the molecule is CCOc1ccc(-c2n[nH]c(C)c2C(=O)O)cc1. The van der Waals surface area contributed by atoms with Crippen LogP contribution in [-0.4, -0.2) is 27.9 Å². The molecule has 0 saturated heterocycles. The fraction of sp³-hybridized carbons (Fsp3) is 0.231. The van der Waals surface area contributed by atoms with Crippen molar-refractivity contribution in [1.29, 1.82) is 0 Å². The molecule has 1 heterocycles. The Balaban J connectivity index is 2.40. The first-order chi connectivity index (χ1) is 8.63. The largest absolute Gasteiger partial charge is 0.494 e. The molecule has 0 radical (unpaired) electrons. The van der Waals surface area contributed by atoms with Crippen molar-refractivity contribution in [3.63, 3.8) is 0 Å². The molecular formula is C13H14N2O3. The van der Waals surface area contributed by atoms with Crippen LogP contribution >= 0.6 is 0 Å². The van der Waals surface area contributed by atoms with Gasteiger partial charge in [0.25, 0.3) is 0 Å². The predicted molar refractivity (Wildman–Crippen MR) is 66.9 cm³/mol. The second-order valence-electron chi connectivity index (χ2n) is 3.83. The van der Waals surface area contributed by atoms with E-state index >= 15 is 0 Å². The highest BCUT2D eigenvalue weighted by Crippen LogP contribution is 2.25. The van der Waals surface area contributed by atoms with E-state index in [-0.39, 0.29) is 5.56 Å². The van der Waals surface area contributed by atoms with Gasteiger partial charge in [0.05, 0.1) is 6.61 Å². The minimum Gasteiger partial charge on any atom is -0.494 e. The van der Waals surface area contributed by atoms with Gasteiger partial charge in [0.2, 0.25) is 0 Å². The van der Waals surface area contributed by atoms with Gasteiger partial charge < -0.3 is 9.84 Å². The van der Waals surface area contributed by atoms with Crippen LogP contribution in [0.4, 0.5) is 0 Å². The second kappa shape index (κ2) is 4.91. The second-order valence-corrected chi connectivity index (χ2v) is 3.83. The number of aromatic amines is 1. The van der Waals surface area contributed by atoms with Crippen LogP contribution in [0.2, 0.25) is 0 Å². The summed E-state index contributed by atoms with van der Waals surface area (Å²) in [5, 5.41) is 15.9. The monoisotopic (exact) mass is 246 g/mol. The number of benzene rings is 1. The molecule has 0 aliphatic rings. The van der Waals surface area contributed by atoms with Crippen LogP contribution in [-0.2, 0) is 0 Å². The summed E-state index contributed by atoms with van der Waals surface area (Å²) >= 11 is 0. The average Bonchev–Trinajstić information content (AvgIpc) is 2.73. The number of aryl methyl sites for hydroxylation is 1. The predicted octanol–water partition coefficient (Wildman–Crippen LogP) is 2.48. The third kappa shape index (κ3) is 2.20. The van der Waals surface area contributed by atoms with Gasteiger partial charge in [0, 0.05) is 11.3 Å². The van der Waals surface area contributed by atoms with Crippen molar-refractivity contribution in [1.82, 2.24) is 10.2 Å². The maximum absolute atomic E-state index is 11.2. The molecule has 5 nitrogen and oxygen atoms in total. The molecule has 0 unspecified atom stereocenters. The Morgan fingerprint density at radius 3 is 2.61 bits per heavy atom. The number of hydrogen-bond donors (Lipinski definition) is 2. The summed E-state index contributed by atoms with van der Waals surface area (Å²) in [7, 11) is 0. The minimum atomic E-state index is -0.981. The van der Waals surface area contributed by atoms with E-state index in [9.17, 15) is 4.79 Å². The van der Waals surface area contributed by atoms with Crippen LogP contribution in [0.5, 0.6) is 5.75 Å². The third-order valence-corrected chi connectivity index (χ3v) is 2.60. The zero-order chi connectivity index (χ0) is 13.1. The Kier molecular flexibility index (Phi) is 3.32. The van der Waals surface area contributed by atoms with Crippen molar-refractivity contribution in [2.45, 2.75) is 13.8 Å². The molecule has 0 fully saturated rings. The van der Waals surface area contributed by atoms with E-state index in [1.54, 1.807) is 31.2 Å². The fourth-order valence-corrected chi connectivity index (χ4v) is 1.78. The normalized spacial score (nSPS) is 10.3. The van der Waals surface area contributed by atoms with Crippen molar-refractivity contribution in [3.05, 3.63) is 35.5 Å². The van der Waals surface area contributed by atoms with Crippen molar-refractivity contribution < 1.29 is 14.6 Å². The third-order valence-electron chi connectivity index (χ3n) is 2.60. The molecule has 0 spiro atoms. The first kappa shape index (κ1) is 12.2. The number of rotatable bonds is 4. The summed E-state index contributed by atoms with van der Waals surface area (Å²) in [6.07, 6.45) is 0. The van der Waals surface area contributed by atoms with Crippen LogP contribution in [0.15, 0.2) is 24.3 Å². The highest BCUT2D eigenvalue weighted by atomic mass is 16.5. The lowest BCUT2D eigenvalue weighted by molar-refractivity contribution is 0.0697. The van der Waals surface area contributed by atoms with Gasteiger partial charge in [-0.3, -0.25) is 5.10 Å². The van der Waals surface area contributed by atoms with Gasteiger partial charge in [0.15, 0.2) is 0 Å². The van der Waals surface area contributed by atoms with Crippen LogP contribution in [0.3, 0.4) is 0 Å². The summed E-state index contributed by atoms with van der Waals surface area (Å²) < 4.78 is 5.34. The molecule has 2 rings (SSSR count). The number of nitrogens with zero attached hydrogens (tertiary/aromatic N) is 1. The number of H-pyrrole nitrogens is 1. The van der Waals surface area contributed by atoms with Crippen molar-refractivity contribution in [2.75, 3.05) is 6.61 Å². The van der Waals surface area contributed by atoms with Crippen LogP contribution in [0.1, 0.15) is 23.0 Å². The lowest BCUT2D eigenvalue weighted by Crippen LogP contribution is -1.99. The molecule has 18 heavy (non-hydrogen) atoms. The van der Waals surface area contributed by atoms with E-state index in [1.165, 1.54) is 0 Å². The number of ether oxygens (including phenoxy) is 1. The Bertz CT molecular complexity index is 558. The molecule has 0 amide bonds. The summed E-state index contributed by atoms with van der Waals surface area (Å²) in [5.74, 6) is -0.226. The number of nitrogens with one attached hydrogen (secondary N) is 1. The Hall–Kier alpha value is -2.30. The molecule has 1 aromatic heterocycles. The molecule has 0 bridgehead atoms. The van der Waals surface area contributed by atoms with Gasteiger partial charge in [-0.05, 0) is 38.1 Å². The summed E-state index contributed by atoms with van der Waals surface area (Å²) in [6.45, 7) is 4.20. The zero-order valence-corrected chi connectivity index (χ0v) is 10.2. The highest BCUT2D eigenvalue weighted by Gasteiger charge is 2.18. The molecule has 2 N–H and O–H groups in total. The van der Waals surface area contributed by atoms with Gasteiger partial charge in [0.1, 0.15) is 17.0 Å². The van der Waals surface area contributed by atoms with Crippen molar-refractivity contribution >= 4 is 5.97 Å². The highest BCUT2D eigenvalue weighted by molar-refractivity contribution is 5.96. The summed E-state index contributed by atoms with van der Waals surface area (Å²) in [4.78, 5) is 11.2. The fourth-order valence-electron chi connectivity index (χ4n) is 1.78. The number of aromatic nitrogens is 2. The Labute approximate surface area is 104 Å². The maximum atomic E-state index is 11.2. The number of carboxylic acid groups (broad SMARTS) is 1. The van der Waals surface area contributed by atoms with E-state index < -0.39 is 5.97 Å². The molecular weight excluding hydrogens is 232 g/mol. The minimum absolute atomic E-state index is 0.208. The van der Waals surface area contributed by atoms with E-state index in [4.69, 9.17) is 9.84 Å². The first-order valence-corrected chi connectivity index (χ1v) is 5.65. The Morgan fingerprint density at radius 2 is 2.06 bits per heavy atom. The van der Waals surface area contributed by atoms with E-state index in [0.717, 1.165) is 11.3 Å². The zero-order valence-electron chi connectivity index (χ0n) is 10.2. The molecule has 0 atom stereocenters. The smallest absolute Gasteiger partial charge is 0.339 e. The molecule has 0 saturated carbocycles. The molecule has 2 aromatic rings. The molecule has 0 aliphatic carbocycles. The average molecular weight is 246 g/mol. The van der Waals surface area contributed by atoms with Crippen LogP contribution in [0.25, 0.3) is 11.3 Å². The molecule has 5 heteroatoms. The first-order valence-electron chi connectivity index (χ1n) is 5.65. The summed E-state index contributed by atoms with van der Waals surface area (Å²) in [5.41, 5.74) is 1.95. The quantitative estimate of drug-likeness (QED) is 0.869. The number of carboxylic acids is 1. The van der Waals surface area contributed by atoms with Gasteiger partial charge in [-0.25, -0.2) is 4.79 Å². The van der Waals surface area contributed by atoms with Crippen LogP contribution < -0.4 is 4.74 Å². The molecule has 94 valence electrons. The van der Waals surface area contributed by atoms with E-state index in [2.05, 4.69) is 10.2 Å².